The molecule has 2 N–H and O–H groups in total. The van der Waals surface area contributed by atoms with Gasteiger partial charge in [0.1, 0.15) is 5.75 Å². The molecule has 2 rings (SSSR count). The highest BCUT2D eigenvalue weighted by molar-refractivity contribution is 7.10. The second-order valence-corrected chi connectivity index (χ2v) is 7.14. The molecule has 0 saturated carbocycles. The molecule has 0 bridgehead atoms. The molecular formula is C20H29N3OS. The largest absolute Gasteiger partial charge is 0.496 e. The highest BCUT2D eigenvalue weighted by Gasteiger charge is 2.12. The summed E-state index contributed by atoms with van der Waals surface area (Å²) in [7, 11) is 1.72. The Bertz CT molecular complexity index is 655. The van der Waals surface area contributed by atoms with Crippen molar-refractivity contribution in [2.24, 2.45) is 4.99 Å². The molecule has 1 aromatic heterocycles. The maximum absolute atomic E-state index is 5.47. The molecule has 0 aliphatic heterocycles. The first-order valence-corrected chi connectivity index (χ1v) is 9.72. The van der Waals surface area contributed by atoms with Gasteiger partial charge >= 0.3 is 0 Å². The molecule has 0 spiro atoms. The summed E-state index contributed by atoms with van der Waals surface area (Å²) in [4.78, 5) is 6.12. The van der Waals surface area contributed by atoms with Gasteiger partial charge in [0.2, 0.25) is 0 Å². The van der Waals surface area contributed by atoms with Gasteiger partial charge in [-0.3, -0.25) is 4.99 Å². The van der Waals surface area contributed by atoms with E-state index in [0.29, 0.717) is 11.8 Å². The zero-order valence-corrected chi connectivity index (χ0v) is 16.4. The fourth-order valence-corrected chi connectivity index (χ4v) is 3.44. The fourth-order valence-electron chi connectivity index (χ4n) is 2.66. The van der Waals surface area contributed by atoms with Crippen molar-refractivity contribution >= 4 is 17.3 Å². The van der Waals surface area contributed by atoms with Crippen molar-refractivity contribution in [3.8, 4) is 5.75 Å². The maximum atomic E-state index is 5.47. The van der Waals surface area contributed by atoms with E-state index >= 15 is 0 Å². The van der Waals surface area contributed by atoms with Crippen LogP contribution in [-0.2, 0) is 0 Å². The van der Waals surface area contributed by atoms with Gasteiger partial charge in [0, 0.05) is 29.8 Å². The Morgan fingerprint density at radius 1 is 1.12 bits per heavy atom. The monoisotopic (exact) mass is 359 g/mol. The quantitative estimate of drug-likeness (QED) is 0.548. The highest BCUT2D eigenvalue weighted by Crippen LogP contribution is 2.25. The van der Waals surface area contributed by atoms with Crippen LogP contribution in [0.4, 0.5) is 0 Å². The lowest BCUT2D eigenvalue weighted by Crippen LogP contribution is -2.39. The second kappa shape index (κ2) is 10.1. The molecule has 0 fully saturated rings. The van der Waals surface area contributed by atoms with Crippen LogP contribution >= 0.6 is 11.3 Å². The lowest BCUT2D eigenvalue weighted by atomic mass is 10.0. The molecule has 25 heavy (non-hydrogen) atoms. The lowest BCUT2D eigenvalue weighted by molar-refractivity contribution is 0.406. The number of nitrogens with one attached hydrogen (secondary N) is 2. The van der Waals surface area contributed by atoms with Crippen molar-refractivity contribution in [3.63, 3.8) is 0 Å². The van der Waals surface area contributed by atoms with Crippen molar-refractivity contribution in [1.29, 1.82) is 0 Å². The SMILES string of the molecule is CCNC(=NCC(C)c1cccs1)NCC(C)c1ccccc1OC. The van der Waals surface area contributed by atoms with Gasteiger partial charge in [0.25, 0.3) is 0 Å². The number of ether oxygens (including phenoxy) is 1. The number of guanidine groups is 1. The summed E-state index contributed by atoms with van der Waals surface area (Å²) in [6, 6.07) is 12.5. The fraction of sp³-hybridized carbons (Fsp3) is 0.450. The number of rotatable bonds is 8. The van der Waals surface area contributed by atoms with Crippen molar-refractivity contribution in [3.05, 3.63) is 52.2 Å². The Kier molecular flexibility index (Phi) is 7.79. The molecule has 0 aliphatic rings. The number of nitrogens with zero attached hydrogens (tertiary/aromatic N) is 1. The maximum Gasteiger partial charge on any atom is 0.191 e. The molecular weight excluding hydrogens is 330 g/mol. The van der Waals surface area contributed by atoms with Gasteiger partial charge in [-0.1, -0.05) is 38.1 Å². The summed E-state index contributed by atoms with van der Waals surface area (Å²) in [5, 5.41) is 8.91. The van der Waals surface area contributed by atoms with Crippen LogP contribution in [0.3, 0.4) is 0 Å². The van der Waals surface area contributed by atoms with Crippen LogP contribution in [0.15, 0.2) is 46.8 Å². The molecule has 0 aliphatic carbocycles. The van der Waals surface area contributed by atoms with E-state index in [1.807, 2.05) is 12.1 Å². The molecule has 4 nitrogen and oxygen atoms in total. The van der Waals surface area contributed by atoms with E-state index in [1.165, 1.54) is 10.4 Å². The third kappa shape index (κ3) is 5.78. The van der Waals surface area contributed by atoms with Crippen molar-refractivity contribution in [1.82, 2.24) is 10.6 Å². The molecule has 5 heteroatoms. The van der Waals surface area contributed by atoms with Gasteiger partial charge < -0.3 is 15.4 Å². The summed E-state index contributed by atoms with van der Waals surface area (Å²) in [6.45, 7) is 8.93. The molecule has 2 atom stereocenters. The summed E-state index contributed by atoms with van der Waals surface area (Å²) < 4.78 is 5.47. The lowest BCUT2D eigenvalue weighted by Gasteiger charge is -2.18. The Morgan fingerprint density at radius 2 is 1.92 bits per heavy atom. The van der Waals surface area contributed by atoms with Crippen LogP contribution in [0, 0.1) is 0 Å². The summed E-state index contributed by atoms with van der Waals surface area (Å²) in [5.41, 5.74) is 1.21. The third-order valence-electron chi connectivity index (χ3n) is 4.14. The third-order valence-corrected chi connectivity index (χ3v) is 5.25. The second-order valence-electron chi connectivity index (χ2n) is 6.16. The van der Waals surface area contributed by atoms with Gasteiger partial charge in [0.15, 0.2) is 5.96 Å². The van der Waals surface area contributed by atoms with Gasteiger partial charge in [0.05, 0.1) is 13.7 Å². The van der Waals surface area contributed by atoms with Gasteiger partial charge in [-0.05, 0) is 30.0 Å². The van der Waals surface area contributed by atoms with Crippen LogP contribution in [-0.4, -0.2) is 32.7 Å². The van der Waals surface area contributed by atoms with E-state index in [0.717, 1.165) is 31.3 Å². The minimum atomic E-state index is 0.328. The molecule has 0 radical (unpaired) electrons. The standard InChI is InChI=1S/C20H29N3OS/c1-5-21-20(23-14-16(3)19-11-8-12-25-19)22-13-15(2)17-9-6-7-10-18(17)24-4/h6-12,15-16H,5,13-14H2,1-4H3,(H2,21,22,23). The molecule has 2 unspecified atom stereocenters. The first kappa shape index (κ1) is 19.3. The van der Waals surface area contributed by atoms with E-state index in [-0.39, 0.29) is 0 Å². The number of thiophene rings is 1. The number of benzene rings is 1. The van der Waals surface area contributed by atoms with Crippen LogP contribution < -0.4 is 15.4 Å². The Balaban J connectivity index is 1.95. The van der Waals surface area contributed by atoms with Crippen molar-refractivity contribution < 1.29 is 4.74 Å². The van der Waals surface area contributed by atoms with E-state index in [4.69, 9.17) is 9.73 Å². The van der Waals surface area contributed by atoms with Crippen molar-refractivity contribution in [2.75, 3.05) is 26.7 Å². The Labute approximate surface area is 155 Å². The van der Waals surface area contributed by atoms with E-state index in [1.54, 1.807) is 18.4 Å². The first-order valence-electron chi connectivity index (χ1n) is 8.84. The molecule has 1 aromatic carbocycles. The Hall–Kier alpha value is -2.01. The van der Waals surface area contributed by atoms with Gasteiger partial charge in [-0.25, -0.2) is 0 Å². The number of hydrogen-bond acceptors (Lipinski definition) is 3. The molecule has 136 valence electrons. The van der Waals surface area contributed by atoms with Crippen molar-refractivity contribution in [2.45, 2.75) is 32.6 Å². The normalized spacial score (nSPS) is 14.0. The first-order chi connectivity index (χ1) is 12.2. The van der Waals surface area contributed by atoms with Crippen LogP contribution in [0.2, 0.25) is 0 Å². The summed E-state index contributed by atoms with van der Waals surface area (Å²) >= 11 is 1.79. The molecule has 1 heterocycles. The minimum absolute atomic E-state index is 0.328. The Morgan fingerprint density at radius 3 is 2.60 bits per heavy atom. The minimum Gasteiger partial charge on any atom is -0.496 e. The van der Waals surface area contributed by atoms with Crippen LogP contribution in [0.1, 0.15) is 43.0 Å². The zero-order valence-electron chi connectivity index (χ0n) is 15.6. The highest BCUT2D eigenvalue weighted by atomic mass is 32.1. The average molecular weight is 360 g/mol. The number of para-hydroxylation sites is 1. The van der Waals surface area contributed by atoms with Gasteiger partial charge in [-0.15, -0.1) is 11.3 Å². The zero-order chi connectivity index (χ0) is 18.1. The molecule has 2 aromatic rings. The summed E-state index contributed by atoms with van der Waals surface area (Å²) in [6.07, 6.45) is 0. The topological polar surface area (TPSA) is 45.7 Å². The predicted octanol–water partition coefficient (Wildman–Crippen LogP) is 4.22. The van der Waals surface area contributed by atoms with E-state index in [2.05, 4.69) is 61.1 Å². The molecule has 0 amide bonds. The number of aliphatic imine (C=N–C) groups is 1. The smallest absolute Gasteiger partial charge is 0.191 e. The van der Waals surface area contributed by atoms with E-state index in [9.17, 15) is 0 Å². The van der Waals surface area contributed by atoms with Gasteiger partial charge in [-0.2, -0.15) is 0 Å². The molecule has 0 saturated heterocycles. The predicted molar refractivity (Wildman–Crippen MR) is 108 cm³/mol. The van der Waals surface area contributed by atoms with Crippen LogP contribution in [0.25, 0.3) is 0 Å². The van der Waals surface area contributed by atoms with Crippen LogP contribution in [0.5, 0.6) is 5.75 Å². The number of hydrogen-bond donors (Lipinski definition) is 2. The summed E-state index contributed by atoms with van der Waals surface area (Å²) in [5.74, 6) is 2.56. The number of methoxy groups -OCH3 is 1. The van der Waals surface area contributed by atoms with E-state index < -0.39 is 0 Å². The average Bonchev–Trinajstić information content (AvgIpc) is 3.18.